The molecule has 0 bridgehead atoms. The van der Waals surface area contributed by atoms with Gasteiger partial charge in [-0.25, -0.2) is 0 Å². The number of nitro benzene ring substituents is 1. The van der Waals surface area contributed by atoms with Gasteiger partial charge in [0.25, 0.3) is 5.69 Å². The minimum Gasteiger partial charge on any atom is -0.285 e. The molecule has 0 N–H and O–H groups in total. The van der Waals surface area contributed by atoms with Crippen molar-refractivity contribution in [3.8, 4) is 0 Å². The summed E-state index contributed by atoms with van der Waals surface area (Å²) in [6, 6.07) is 28.0. The number of nitro groups is 1. The molecular formula is C27H25N2O2P. The molecule has 1 aliphatic rings. The lowest BCUT2D eigenvalue weighted by molar-refractivity contribution is -0.384. The Morgan fingerprint density at radius 2 is 1.59 bits per heavy atom. The van der Waals surface area contributed by atoms with Crippen molar-refractivity contribution in [3.63, 3.8) is 0 Å². The van der Waals surface area contributed by atoms with E-state index in [0.717, 1.165) is 11.3 Å². The van der Waals surface area contributed by atoms with Crippen molar-refractivity contribution in [3.05, 3.63) is 124 Å². The fourth-order valence-electron chi connectivity index (χ4n) is 4.02. The third kappa shape index (κ3) is 4.76. The number of allylic oxidation sites excluding steroid dienone is 2. The number of aliphatic imine (C=N–C) groups is 1. The first-order valence-corrected chi connectivity index (χ1v) is 12.0. The molecule has 0 spiro atoms. The van der Waals surface area contributed by atoms with Crippen LogP contribution in [0.4, 0.5) is 5.69 Å². The molecule has 0 saturated heterocycles. The maximum Gasteiger partial charge on any atom is 0.270 e. The molecule has 1 aliphatic carbocycles. The van der Waals surface area contributed by atoms with E-state index in [2.05, 4.69) is 85.8 Å². The van der Waals surface area contributed by atoms with Crippen LogP contribution >= 0.6 is 7.92 Å². The minimum atomic E-state index is -0.677. The molecule has 4 rings (SSSR count). The minimum absolute atomic E-state index is 0.0108. The van der Waals surface area contributed by atoms with Gasteiger partial charge in [0, 0.05) is 29.3 Å². The van der Waals surface area contributed by atoms with Crippen molar-refractivity contribution >= 4 is 29.9 Å². The normalized spacial score (nSPS) is 16.8. The van der Waals surface area contributed by atoms with Gasteiger partial charge in [0.15, 0.2) is 0 Å². The molecule has 3 aromatic rings. The average Bonchev–Trinajstić information content (AvgIpc) is 3.30. The maximum atomic E-state index is 11.1. The summed E-state index contributed by atoms with van der Waals surface area (Å²) < 4.78 is 0. The van der Waals surface area contributed by atoms with Crippen molar-refractivity contribution in [1.82, 2.24) is 0 Å². The zero-order valence-electron chi connectivity index (χ0n) is 18.1. The SMILES string of the molecule is CC(=N[C@H](C)C1C=CC=C1P(c1ccccc1)c1ccccc1)c1cccc([N+](=O)[O-])c1. The zero-order valence-corrected chi connectivity index (χ0v) is 19.0. The third-order valence-corrected chi connectivity index (χ3v) is 8.20. The first-order chi connectivity index (χ1) is 15.5. The molecule has 0 fully saturated rings. The summed E-state index contributed by atoms with van der Waals surface area (Å²) in [5.41, 5.74) is 1.68. The molecule has 0 aromatic heterocycles. The first kappa shape index (κ1) is 21.9. The van der Waals surface area contributed by atoms with Gasteiger partial charge in [-0.15, -0.1) is 0 Å². The smallest absolute Gasteiger partial charge is 0.270 e. The highest BCUT2D eigenvalue weighted by molar-refractivity contribution is 7.76. The summed E-state index contributed by atoms with van der Waals surface area (Å²) in [5.74, 6) is 0.176. The predicted molar refractivity (Wildman–Crippen MR) is 135 cm³/mol. The second-order valence-electron chi connectivity index (χ2n) is 7.77. The van der Waals surface area contributed by atoms with Gasteiger partial charge in [-0.3, -0.25) is 15.1 Å². The highest BCUT2D eigenvalue weighted by Gasteiger charge is 2.29. The van der Waals surface area contributed by atoms with E-state index in [1.807, 2.05) is 13.0 Å². The zero-order chi connectivity index (χ0) is 22.5. The van der Waals surface area contributed by atoms with Crippen molar-refractivity contribution in [2.75, 3.05) is 0 Å². The number of non-ortho nitro benzene ring substituents is 1. The summed E-state index contributed by atoms with van der Waals surface area (Å²) in [7, 11) is -0.677. The largest absolute Gasteiger partial charge is 0.285 e. The maximum absolute atomic E-state index is 11.1. The van der Waals surface area contributed by atoms with Crippen LogP contribution < -0.4 is 10.6 Å². The number of hydrogen-bond acceptors (Lipinski definition) is 3. The van der Waals surface area contributed by atoms with Gasteiger partial charge in [0.1, 0.15) is 0 Å². The van der Waals surface area contributed by atoms with Crippen LogP contribution in [-0.4, -0.2) is 16.7 Å². The van der Waals surface area contributed by atoms with Crippen LogP contribution in [0.1, 0.15) is 19.4 Å². The fraction of sp³-hybridized carbons (Fsp3) is 0.148. The van der Waals surface area contributed by atoms with Crippen LogP contribution in [0.3, 0.4) is 0 Å². The molecule has 0 amide bonds. The summed E-state index contributed by atoms with van der Waals surface area (Å²) in [5, 5.41) is 15.2. The Balaban J connectivity index is 1.65. The quantitative estimate of drug-likeness (QED) is 0.196. The Bertz CT molecular complexity index is 1150. The Morgan fingerprint density at radius 1 is 0.969 bits per heavy atom. The average molecular weight is 440 g/mol. The number of rotatable bonds is 7. The van der Waals surface area contributed by atoms with Crippen LogP contribution in [0.25, 0.3) is 0 Å². The molecule has 0 aliphatic heterocycles. The Morgan fingerprint density at radius 3 is 2.19 bits per heavy atom. The molecule has 4 nitrogen and oxygen atoms in total. The predicted octanol–water partition coefficient (Wildman–Crippen LogP) is 6.00. The van der Waals surface area contributed by atoms with E-state index < -0.39 is 7.92 Å². The first-order valence-electron chi connectivity index (χ1n) is 10.6. The molecule has 160 valence electrons. The molecular weight excluding hydrogens is 415 g/mol. The second-order valence-corrected chi connectivity index (χ2v) is 9.99. The Kier molecular flexibility index (Phi) is 6.72. The molecule has 3 aromatic carbocycles. The monoisotopic (exact) mass is 440 g/mol. The standard InChI is InChI=1S/C27H25N2O2P/c1-20(22-11-9-12-23(19-22)29(30)31)28-21(2)26-17-10-18-27(26)32(24-13-5-3-6-14-24)25-15-7-4-8-16-25/h3-19,21,26H,1-2H3/t21-,26?/m1/s1. The van der Waals surface area contributed by atoms with E-state index in [0.29, 0.717) is 0 Å². The number of nitrogens with zero attached hydrogens (tertiary/aromatic N) is 2. The van der Waals surface area contributed by atoms with Crippen LogP contribution in [0.15, 0.2) is 113 Å². The van der Waals surface area contributed by atoms with E-state index in [1.54, 1.807) is 12.1 Å². The van der Waals surface area contributed by atoms with E-state index in [1.165, 1.54) is 22.0 Å². The lowest BCUT2D eigenvalue weighted by atomic mass is 10.0. The molecule has 0 saturated carbocycles. The molecule has 2 atom stereocenters. The van der Waals surface area contributed by atoms with Crippen molar-refractivity contribution in [1.29, 1.82) is 0 Å². The van der Waals surface area contributed by atoms with Gasteiger partial charge in [-0.1, -0.05) is 91.0 Å². The van der Waals surface area contributed by atoms with Crippen molar-refractivity contribution in [2.45, 2.75) is 19.9 Å². The molecule has 5 heteroatoms. The Hall–Kier alpha value is -3.36. The van der Waals surface area contributed by atoms with Gasteiger partial charge in [0.05, 0.1) is 11.0 Å². The van der Waals surface area contributed by atoms with Crippen LogP contribution in [0.5, 0.6) is 0 Å². The van der Waals surface area contributed by atoms with E-state index in [-0.39, 0.29) is 22.6 Å². The Labute approximate surface area is 189 Å². The van der Waals surface area contributed by atoms with E-state index in [4.69, 9.17) is 4.99 Å². The van der Waals surface area contributed by atoms with Crippen LogP contribution in [0.2, 0.25) is 0 Å². The van der Waals surface area contributed by atoms with Gasteiger partial charge < -0.3 is 0 Å². The van der Waals surface area contributed by atoms with Gasteiger partial charge in [0.2, 0.25) is 0 Å². The van der Waals surface area contributed by atoms with Crippen LogP contribution in [-0.2, 0) is 0 Å². The van der Waals surface area contributed by atoms with Gasteiger partial charge in [-0.05, 0) is 37.7 Å². The van der Waals surface area contributed by atoms with Crippen molar-refractivity contribution in [2.24, 2.45) is 10.9 Å². The molecule has 32 heavy (non-hydrogen) atoms. The summed E-state index contributed by atoms with van der Waals surface area (Å²) >= 11 is 0. The third-order valence-electron chi connectivity index (χ3n) is 5.61. The van der Waals surface area contributed by atoms with Crippen molar-refractivity contribution < 1.29 is 4.92 Å². The second kappa shape index (κ2) is 9.84. The summed E-state index contributed by atoms with van der Waals surface area (Å²) in [4.78, 5) is 15.7. The lowest BCUT2D eigenvalue weighted by Crippen LogP contribution is -2.21. The van der Waals surface area contributed by atoms with Crippen LogP contribution in [0, 0.1) is 16.0 Å². The number of hydrogen-bond donors (Lipinski definition) is 0. The summed E-state index contributed by atoms with van der Waals surface area (Å²) in [6.45, 7) is 4.05. The highest BCUT2D eigenvalue weighted by Crippen LogP contribution is 2.50. The highest BCUT2D eigenvalue weighted by atomic mass is 31.1. The topological polar surface area (TPSA) is 55.5 Å². The van der Waals surface area contributed by atoms with E-state index >= 15 is 0 Å². The van der Waals surface area contributed by atoms with E-state index in [9.17, 15) is 10.1 Å². The number of benzene rings is 3. The fourth-order valence-corrected chi connectivity index (χ4v) is 6.69. The molecule has 1 unspecified atom stereocenters. The molecule has 0 radical (unpaired) electrons. The lowest BCUT2D eigenvalue weighted by Gasteiger charge is -2.27. The van der Waals surface area contributed by atoms with Gasteiger partial charge >= 0.3 is 0 Å². The molecule has 0 heterocycles. The van der Waals surface area contributed by atoms with Gasteiger partial charge in [-0.2, -0.15) is 0 Å². The summed E-state index contributed by atoms with van der Waals surface area (Å²) in [6.07, 6.45) is 6.60.